The van der Waals surface area contributed by atoms with E-state index in [0.717, 1.165) is 60.6 Å². The van der Waals surface area contributed by atoms with E-state index in [1.165, 1.54) is 0 Å². The summed E-state index contributed by atoms with van der Waals surface area (Å²) in [7, 11) is 0. The van der Waals surface area contributed by atoms with Gasteiger partial charge < -0.3 is 24.5 Å². The molecule has 10 nitrogen and oxygen atoms in total. The van der Waals surface area contributed by atoms with E-state index < -0.39 is 6.09 Å². The Morgan fingerprint density at radius 2 is 2.03 bits per heavy atom. The van der Waals surface area contributed by atoms with E-state index in [0.29, 0.717) is 5.89 Å². The molecule has 0 spiro atoms. The van der Waals surface area contributed by atoms with E-state index in [2.05, 4.69) is 31.1 Å². The Bertz CT molecular complexity index is 1050. The summed E-state index contributed by atoms with van der Waals surface area (Å²) in [5.41, 5.74) is 8.60. The number of primary amides is 1. The molecule has 1 aliphatic rings. The Labute approximate surface area is 179 Å². The number of phenols is 1. The number of likely N-dealkylation sites (tertiary alicyclic amines) is 1. The molecule has 2 aromatic heterocycles. The molecule has 0 radical (unpaired) electrons. The van der Waals surface area contributed by atoms with Gasteiger partial charge in [-0.1, -0.05) is 5.16 Å². The van der Waals surface area contributed by atoms with Crippen molar-refractivity contribution in [2.24, 2.45) is 5.73 Å². The fourth-order valence-electron chi connectivity index (χ4n) is 4.02. The van der Waals surface area contributed by atoms with Crippen LogP contribution >= 0.6 is 0 Å². The van der Waals surface area contributed by atoms with Crippen LogP contribution in [0.15, 0.2) is 27.1 Å². The second-order valence-corrected chi connectivity index (χ2v) is 7.78. The van der Waals surface area contributed by atoms with Crippen molar-refractivity contribution < 1.29 is 23.6 Å². The molecule has 1 fully saturated rings. The molecule has 1 aromatic carbocycles. The predicted molar refractivity (Wildman–Crippen MR) is 109 cm³/mol. The molecule has 0 unspecified atom stereocenters. The minimum atomic E-state index is -0.877. The van der Waals surface area contributed by atoms with Crippen molar-refractivity contribution in [1.29, 1.82) is 0 Å². The Balaban J connectivity index is 1.38. The normalized spacial score (nSPS) is 15.3. The second-order valence-electron chi connectivity index (χ2n) is 7.78. The third-order valence-electron chi connectivity index (χ3n) is 5.46. The number of carbonyl (C=O) groups excluding carboxylic acids is 1. The van der Waals surface area contributed by atoms with Crippen molar-refractivity contribution in [2.45, 2.75) is 45.8 Å². The monoisotopic (exact) mass is 427 g/mol. The van der Waals surface area contributed by atoms with Gasteiger partial charge in [0, 0.05) is 18.0 Å². The summed E-state index contributed by atoms with van der Waals surface area (Å²) in [5, 5.41) is 22.2. The average Bonchev–Trinajstić information content (AvgIpc) is 3.33. The van der Waals surface area contributed by atoms with Gasteiger partial charge in [0.05, 0.1) is 5.69 Å². The molecule has 0 aliphatic carbocycles. The van der Waals surface area contributed by atoms with E-state index >= 15 is 0 Å². The highest BCUT2D eigenvalue weighted by molar-refractivity contribution is 5.69. The number of hydrogen-bond donors (Lipinski definition) is 2. The number of benzene rings is 1. The summed E-state index contributed by atoms with van der Waals surface area (Å²) < 4.78 is 15.5. The highest BCUT2D eigenvalue weighted by atomic mass is 16.6. The third-order valence-corrected chi connectivity index (χ3v) is 5.46. The number of phenolic OH excluding ortho intramolecular Hbond substituents is 1. The van der Waals surface area contributed by atoms with Gasteiger partial charge in [-0.3, -0.25) is 4.90 Å². The first-order chi connectivity index (χ1) is 14.9. The largest absolute Gasteiger partial charge is 0.508 e. The van der Waals surface area contributed by atoms with Crippen LogP contribution in [0.3, 0.4) is 0 Å². The number of nitrogens with two attached hydrogens (primary N) is 1. The number of aromatic nitrogens is 3. The van der Waals surface area contributed by atoms with E-state index in [1.807, 2.05) is 13.8 Å². The smallest absolute Gasteiger partial charge is 0.405 e. The van der Waals surface area contributed by atoms with E-state index in [-0.39, 0.29) is 24.2 Å². The van der Waals surface area contributed by atoms with E-state index in [1.54, 1.807) is 12.1 Å². The third kappa shape index (κ3) is 4.85. The molecular formula is C21H25N5O5. The summed E-state index contributed by atoms with van der Waals surface area (Å²) in [5.74, 6) is 1.91. The quantitative estimate of drug-likeness (QED) is 0.607. The fourth-order valence-corrected chi connectivity index (χ4v) is 4.02. The zero-order valence-electron chi connectivity index (χ0n) is 17.5. The van der Waals surface area contributed by atoms with Crippen LogP contribution in [-0.2, 0) is 17.9 Å². The molecule has 3 N–H and O–H groups in total. The topological polar surface area (TPSA) is 141 Å². The van der Waals surface area contributed by atoms with Crippen LogP contribution in [0.5, 0.6) is 5.75 Å². The van der Waals surface area contributed by atoms with Crippen LogP contribution in [0.4, 0.5) is 4.79 Å². The number of nitrogens with zero attached hydrogens (tertiary/aromatic N) is 4. The molecule has 4 rings (SSSR count). The van der Waals surface area contributed by atoms with Crippen molar-refractivity contribution >= 4 is 6.09 Å². The Hall–Kier alpha value is -3.40. The maximum atomic E-state index is 10.7. The number of ether oxygens (including phenoxy) is 1. The van der Waals surface area contributed by atoms with Gasteiger partial charge in [-0.2, -0.15) is 0 Å². The SMILES string of the molecule is Cc1noc(C)c1-c1cc(O)cc(CN2CCC(c3nnc(COC(N)=O)o3)CC2)c1. The van der Waals surface area contributed by atoms with E-state index in [9.17, 15) is 9.90 Å². The minimum Gasteiger partial charge on any atom is -0.508 e. The van der Waals surface area contributed by atoms with E-state index in [4.69, 9.17) is 14.7 Å². The molecule has 1 amide bonds. The van der Waals surface area contributed by atoms with Gasteiger partial charge >= 0.3 is 6.09 Å². The first kappa shape index (κ1) is 20.9. The van der Waals surface area contributed by atoms with Gasteiger partial charge in [0.15, 0.2) is 6.61 Å². The number of aryl methyl sites for hydroxylation is 2. The lowest BCUT2D eigenvalue weighted by atomic mass is 9.96. The lowest BCUT2D eigenvalue weighted by Gasteiger charge is -2.30. The van der Waals surface area contributed by atoms with Crippen LogP contribution in [-0.4, -0.2) is 44.5 Å². The van der Waals surface area contributed by atoms with Gasteiger partial charge in [0.1, 0.15) is 11.5 Å². The van der Waals surface area contributed by atoms with Crippen LogP contribution in [0.25, 0.3) is 11.1 Å². The standard InChI is InChI=1S/C21H25N5O5/c1-12-19(13(2)31-25-12)16-7-14(8-17(27)9-16)10-26-5-3-15(4-6-26)20-24-23-18(30-20)11-29-21(22)28/h7-9,15,27H,3-6,10-11H2,1-2H3,(H2,22,28). The summed E-state index contributed by atoms with van der Waals surface area (Å²) in [6.45, 7) is 6.08. The number of carbonyl (C=O) groups is 1. The number of piperidine rings is 1. The second kappa shape index (κ2) is 8.76. The summed E-state index contributed by atoms with van der Waals surface area (Å²) in [4.78, 5) is 13.0. The zero-order valence-corrected chi connectivity index (χ0v) is 17.5. The molecule has 164 valence electrons. The highest BCUT2D eigenvalue weighted by Gasteiger charge is 2.25. The first-order valence-electron chi connectivity index (χ1n) is 10.1. The van der Waals surface area contributed by atoms with Gasteiger partial charge in [-0.25, -0.2) is 4.79 Å². The van der Waals surface area contributed by atoms with Crippen LogP contribution in [0, 0.1) is 13.8 Å². The lowest BCUT2D eigenvalue weighted by molar-refractivity contribution is 0.136. The maximum Gasteiger partial charge on any atom is 0.405 e. The average molecular weight is 427 g/mol. The predicted octanol–water partition coefficient (Wildman–Crippen LogP) is 3.02. The summed E-state index contributed by atoms with van der Waals surface area (Å²) in [6, 6.07) is 5.59. The summed E-state index contributed by atoms with van der Waals surface area (Å²) in [6.07, 6.45) is 0.860. The van der Waals surface area contributed by atoms with Gasteiger partial charge in [0.25, 0.3) is 5.89 Å². The number of aromatic hydroxyl groups is 1. The van der Waals surface area contributed by atoms with Gasteiger partial charge in [-0.05, 0) is 69.1 Å². The number of amides is 1. The number of rotatable bonds is 6. The Morgan fingerprint density at radius 1 is 1.26 bits per heavy atom. The molecule has 1 aliphatic heterocycles. The molecule has 0 atom stereocenters. The molecule has 0 bridgehead atoms. The zero-order chi connectivity index (χ0) is 22.0. The summed E-state index contributed by atoms with van der Waals surface area (Å²) >= 11 is 0. The van der Waals surface area contributed by atoms with Crippen LogP contribution < -0.4 is 5.73 Å². The Kier molecular flexibility index (Phi) is 5.90. The molecule has 1 saturated heterocycles. The van der Waals surface area contributed by atoms with Crippen molar-refractivity contribution in [3.8, 4) is 16.9 Å². The van der Waals surface area contributed by atoms with Crippen molar-refractivity contribution in [2.75, 3.05) is 13.1 Å². The van der Waals surface area contributed by atoms with Crippen molar-refractivity contribution in [1.82, 2.24) is 20.3 Å². The molecule has 0 saturated carbocycles. The molecular weight excluding hydrogens is 402 g/mol. The molecule has 31 heavy (non-hydrogen) atoms. The number of hydrogen-bond acceptors (Lipinski definition) is 9. The highest BCUT2D eigenvalue weighted by Crippen LogP contribution is 2.32. The molecule has 3 heterocycles. The molecule has 10 heteroatoms. The van der Waals surface area contributed by atoms with Crippen LogP contribution in [0.2, 0.25) is 0 Å². The van der Waals surface area contributed by atoms with Gasteiger partial charge in [0.2, 0.25) is 5.89 Å². The fraction of sp³-hybridized carbons (Fsp3) is 0.429. The van der Waals surface area contributed by atoms with Gasteiger partial charge in [-0.15, -0.1) is 10.2 Å². The molecule has 3 aromatic rings. The van der Waals surface area contributed by atoms with Crippen LogP contribution in [0.1, 0.15) is 47.6 Å². The maximum absolute atomic E-state index is 10.7. The minimum absolute atomic E-state index is 0.119. The van der Waals surface area contributed by atoms with Crippen molar-refractivity contribution in [3.05, 3.63) is 47.0 Å². The Morgan fingerprint density at radius 3 is 2.71 bits per heavy atom. The van der Waals surface area contributed by atoms with Crippen molar-refractivity contribution in [3.63, 3.8) is 0 Å². The first-order valence-corrected chi connectivity index (χ1v) is 10.1. The lowest BCUT2D eigenvalue weighted by Crippen LogP contribution is -2.32.